The van der Waals surface area contributed by atoms with Crippen LogP contribution in [0.15, 0.2) is 194 Å². The van der Waals surface area contributed by atoms with E-state index in [1.165, 1.54) is 42.4 Å². The molecule has 2 heterocycles. The monoisotopic (exact) mass is 1170 g/mol. The van der Waals surface area contributed by atoms with E-state index in [-0.39, 0.29) is 43.1 Å². The Kier molecular flexibility index (Phi) is 14.5. The van der Waals surface area contributed by atoms with E-state index in [0.717, 1.165) is 90.0 Å². The third kappa shape index (κ3) is 10.4. The van der Waals surface area contributed by atoms with Crippen LogP contribution < -0.4 is 0 Å². The number of benzene rings is 8. The first-order chi connectivity index (χ1) is 36.1. The van der Waals surface area contributed by atoms with Crippen molar-refractivity contribution in [1.29, 1.82) is 0 Å². The van der Waals surface area contributed by atoms with Crippen LogP contribution >= 0.6 is 0 Å². The van der Waals surface area contributed by atoms with E-state index in [1.807, 2.05) is 6.20 Å². The second-order valence-electron chi connectivity index (χ2n) is 23.5. The molecule has 0 radical (unpaired) electrons. The molecule has 1 N–H and O–H groups in total. The summed E-state index contributed by atoms with van der Waals surface area (Å²) in [5, 5.41) is 12.7. The van der Waals surface area contributed by atoms with E-state index in [1.54, 1.807) is 0 Å². The predicted octanol–water partition coefficient (Wildman–Crippen LogP) is 18.6. The molecule has 0 amide bonds. The second kappa shape index (κ2) is 21.1. The maximum Gasteiger partial charge on any atom is 0.148 e. The molecule has 8 aromatic carbocycles. The average molecular weight is 1170 g/mol. The number of nitrogens with zero attached hydrogens (tertiary/aromatic N) is 3. The van der Waals surface area contributed by atoms with Gasteiger partial charge in [0.15, 0.2) is 0 Å². The Bertz CT molecular complexity index is 3690. The number of phenolic OH excluding ortho intramolecular Hbond substituents is 1. The number of hydrogen-bond donors (Lipinski definition) is 1. The van der Waals surface area contributed by atoms with Crippen LogP contribution in [0.5, 0.6) is 5.75 Å². The van der Waals surface area contributed by atoms with Crippen molar-refractivity contribution >= 4 is 11.0 Å². The summed E-state index contributed by atoms with van der Waals surface area (Å²) in [5.41, 5.74) is 18.9. The van der Waals surface area contributed by atoms with Crippen molar-refractivity contribution < 1.29 is 26.2 Å². The van der Waals surface area contributed by atoms with Gasteiger partial charge in [-0.15, -0.1) is 23.8 Å². The summed E-state index contributed by atoms with van der Waals surface area (Å²) < 4.78 is 2.31. The molecule has 0 atom stereocenters. The van der Waals surface area contributed by atoms with Gasteiger partial charge in [0.05, 0.1) is 22.3 Å². The van der Waals surface area contributed by atoms with Crippen molar-refractivity contribution in [1.82, 2.24) is 14.5 Å². The Morgan fingerprint density at radius 1 is 0.526 bits per heavy atom. The van der Waals surface area contributed by atoms with Crippen molar-refractivity contribution in [2.24, 2.45) is 5.92 Å². The minimum Gasteiger partial charge on any atom is -0.507 e. The third-order valence-electron chi connectivity index (χ3n) is 15.8. The molecule has 0 spiro atoms. The Morgan fingerprint density at radius 3 is 1.86 bits per heavy atom. The zero-order chi connectivity index (χ0) is 52.1. The number of fused-ring (bicyclic) bond motifs is 1. The number of hydrogen-bond acceptors (Lipinski definition) is 3. The summed E-state index contributed by atoms with van der Waals surface area (Å²) in [5.74, 6) is 1.65. The number of pyridine rings is 1. The molecule has 0 bridgehead atoms. The molecule has 384 valence electrons. The van der Waals surface area contributed by atoms with Crippen LogP contribution in [0.25, 0.3) is 83.9 Å². The molecule has 76 heavy (non-hydrogen) atoms. The predicted molar refractivity (Wildman–Crippen MR) is 314 cm³/mol. The van der Waals surface area contributed by atoms with Crippen LogP contribution in [-0.2, 0) is 43.7 Å². The molecule has 4 nitrogen and oxygen atoms in total. The number of aromatic nitrogens is 3. The summed E-state index contributed by atoms with van der Waals surface area (Å²) in [4.78, 5) is 10.8. The van der Waals surface area contributed by atoms with E-state index in [4.69, 9.17) is 9.97 Å². The van der Waals surface area contributed by atoms with Gasteiger partial charge in [-0.2, -0.15) is 0 Å². The van der Waals surface area contributed by atoms with E-state index in [9.17, 15) is 5.11 Å². The molecule has 0 aliphatic heterocycles. The van der Waals surface area contributed by atoms with E-state index in [2.05, 4.69) is 254 Å². The SMILES string of the molecule is CC(C)(C)c1cc(-c2nc3c(-c4[c-]c(-c5cc(-c6cccc(C(C)(C)c7ccccc7)c6)ccn5)cc(-c5ccccc5)c4)cccc3n2-c2ccc(CC3CCCC3)cc2-c2ccccc2)c(O)c(C(C)(C)C)c1.[Pt]. The molecule has 5 heteroatoms. The van der Waals surface area contributed by atoms with E-state index in [0.29, 0.717) is 17.3 Å². The average Bonchev–Trinajstić information content (AvgIpc) is 4.12. The van der Waals surface area contributed by atoms with Crippen LogP contribution in [0, 0.1) is 12.0 Å². The van der Waals surface area contributed by atoms with Gasteiger partial charge in [-0.1, -0.05) is 243 Å². The van der Waals surface area contributed by atoms with E-state index < -0.39 is 0 Å². The first-order valence-corrected chi connectivity index (χ1v) is 26.9. The van der Waals surface area contributed by atoms with Gasteiger partial charge in [0.2, 0.25) is 0 Å². The Hall–Kier alpha value is -7.13. The fourth-order valence-electron chi connectivity index (χ4n) is 11.4. The molecular weight excluding hydrogens is 1110 g/mol. The number of para-hydroxylation sites is 1. The minimum atomic E-state index is -0.338. The molecule has 0 unspecified atom stereocenters. The van der Waals surface area contributed by atoms with Gasteiger partial charge in [0, 0.05) is 49.5 Å². The number of rotatable bonds is 11. The minimum absolute atomic E-state index is 0. The number of phenols is 1. The van der Waals surface area contributed by atoms with Gasteiger partial charge >= 0.3 is 0 Å². The molecular formula is C71H68N3OPt-. The van der Waals surface area contributed by atoms with Crippen molar-refractivity contribution in [2.75, 3.05) is 0 Å². The maximum atomic E-state index is 12.7. The molecule has 1 aliphatic carbocycles. The van der Waals surface area contributed by atoms with Crippen LogP contribution in [0.2, 0.25) is 0 Å². The molecule has 0 saturated heterocycles. The van der Waals surface area contributed by atoms with Gasteiger partial charge in [-0.25, -0.2) is 4.98 Å². The Balaban J connectivity index is 0.00000657. The Morgan fingerprint density at radius 2 is 1.16 bits per heavy atom. The fraction of sp³-hybridized carbons (Fsp3) is 0.239. The maximum absolute atomic E-state index is 12.7. The second-order valence-corrected chi connectivity index (χ2v) is 23.5. The van der Waals surface area contributed by atoms with Crippen molar-refractivity contribution in [3.63, 3.8) is 0 Å². The summed E-state index contributed by atoms with van der Waals surface area (Å²) in [6.07, 6.45) is 8.19. The molecule has 11 rings (SSSR count). The van der Waals surface area contributed by atoms with Crippen molar-refractivity contribution in [2.45, 2.75) is 104 Å². The fourth-order valence-corrected chi connectivity index (χ4v) is 11.4. The van der Waals surface area contributed by atoms with Crippen LogP contribution in [0.4, 0.5) is 0 Å². The number of aromatic hydroxyl groups is 1. The summed E-state index contributed by atoms with van der Waals surface area (Å²) in [6, 6.07) is 71.6. The van der Waals surface area contributed by atoms with Crippen molar-refractivity contribution in [3.05, 3.63) is 228 Å². The third-order valence-corrected chi connectivity index (χ3v) is 15.8. The largest absolute Gasteiger partial charge is 0.507 e. The summed E-state index contributed by atoms with van der Waals surface area (Å²) in [7, 11) is 0. The van der Waals surface area contributed by atoms with Gasteiger partial charge in [0.1, 0.15) is 11.6 Å². The topological polar surface area (TPSA) is 50.9 Å². The Labute approximate surface area is 465 Å². The first-order valence-electron chi connectivity index (χ1n) is 26.9. The van der Waals surface area contributed by atoms with Crippen LogP contribution in [0.1, 0.15) is 109 Å². The van der Waals surface area contributed by atoms with Crippen molar-refractivity contribution in [3.8, 4) is 78.6 Å². The normalized spacial score (nSPS) is 13.3. The van der Waals surface area contributed by atoms with Gasteiger partial charge < -0.3 is 5.11 Å². The van der Waals surface area contributed by atoms with Gasteiger partial charge in [-0.05, 0) is 98.0 Å². The zero-order valence-corrected chi connectivity index (χ0v) is 47.5. The zero-order valence-electron chi connectivity index (χ0n) is 45.2. The first kappa shape index (κ1) is 52.3. The molecule has 1 fully saturated rings. The molecule has 1 saturated carbocycles. The summed E-state index contributed by atoms with van der Waals surface area (Å²) >= 11 is 0. The quantitative estimate of drug-likeness (QED) is 0.131. The van der Waals surface area contributed by atoms with E-state index >= 15 is 0 Å². The van der Waals surface area contributed by atoms with Gasteiger partial charge in [0.25, 0.3) is 0 Å². The molecule has 10 aromatic rings. The smallest absolute Gasteiger partial charge is 0.148 e. The van der Waals surface area contributed by atoms with Crippen LogP contribution in [-0.4, -0.2) is 19.6 Å². The molecule has 2 aromatic heterocycles. The number of imidazole rings is 1. The summed E-state index contributed by atoms with van der Waals surface area (Å²) in [6.45, 7) is 17.9. The van der Waals surface area contributed by atoms with Crippen LogP contribution in [0.3, 0.4) is 0 Å². The standard InChI is InChI=1S/C71H68N3O.Pt/c1-69(2,3)58-45-61(67(75)62(46-58)70(4,5)6)68-73-66-59(32-21-33-65(66)74(68)64-35-34-48(38-47-22-18-19-23-47)39-60(64)50-26-14-10-15-27-50)54-40-53(49-24-12-9-13-25-49)41-55(42-54)63-44-52(36-37-72-63)51-28-20-31-57(43-51)71(7,8)56-29-16-11-17-30-56;/h9-17,20-21,24-37,39-41,43-47,75H,18-19,22-23,38H2,1-8H3;/q-1;. The molecule has 1 aliphatic rings. The van der Waals surface area contributed by atoms with Gasteiger partial charge in [-0.3, -0.25) is 9.55 Å².